The Morgan fingerprint density at radius 2 is 2.08 bits per heavy atom. The first-order valence-electron chi connectivity index (χ1n) is 6.97. The van der Waals surface area contributed by atoms with Gasteiger partial charge in [0.05, 0.1) is 11.6 Å². The lowest BCUT2D eigenvalue weighted by molar-refractivity contribution is -0.112. The molecule has 0 spiro atoms. The topological polar surface area (TPSA) is 62.1 Å². The number of halogens is 2. The molecule has 0 bridgehead atoms. The zero-order chi connectivity index (χ0) is 17.7. The van der Waals surface area contributed by atoms with Crippen LogP contribution in [-0.2, 0) is 4.79 Å². The van der Waals surface area contributed by atoms with Crippen LogP contribution in [0.4, 0.5) is 5.69 Å². The molecule has 0 aromatic heterocycles. The summed E-state index contributed by atoms with van der Waals surface area (Å²) >= 11 is 9.28. The molecule has 0 aliphatic rings. The Balaban J connectivity index is 2.25. The van der Waals surface area contributed by atoms with Crippen molar-refractivity contribution in [1.82, 2.24) is 0 Å². The van der Waals surface area contributed by atoms with Gasteiger partial charge in [-0.15, -0.1) is 0 Å². The van der Waals surface area contributed by atoms with Crippen LogP contribution in [0, 0.1) is 18.3 Å². The Morgan fingerprint density at radius 3 is 2.67 bits per heavy atom. The molecular formula is C18H14BrClN2O2. The molecule has 2 aromatic rings. The van der Waals surface area contributed by atoms with Gasteiger partial charge in [0.25, 0.3) is 5.91 Å². The van der Waals surface area contributed by atoms with Crippen molar-refractivity contribution in [3.8, 4) is 11.8 Å². The first kappa shape index (κ1) is 18.1. The molecule has 0 saturated heterocycles. The molecule has 6 heteroatoms. The maximum Gasteiger partial charge on any atom is 0.266 e. The van der Waals surface area contributed by atoms with Gasteiger partial charge in [-0.2, -0.15) is 5.26 Å². The number of ether oxygens (including phenoxy) is 1. The normalized spacial score (nSPS) is 10.9. The SMILES string of the molecule is COc1ccc(/C=C(\C#N)C(=O)Nc2ccc(Cl)cc2C)cc1Br. The van der Waals surface area contributed by atoms with Gasteiger partial charge in [-0.05, 0) is 70.4 Å². The maximum absolute atomic E-state index is 12.3. The molecule has 4 nitrogen and oxygen atoms in total. The number of nitrogens with one attached hydrogen (secondary N) is 1. The maximum atomic E-state index is 12.3. The molecule has 0 saturated carbocycles. The summed E-state index contributed by atoms with van der Waals surface area (Å²) in [5.74, 6) is 0.196. The van der Waals surface area contributed by atoms with Crippen LogP contribution in [0.3, 0.4) is 0 Å². The Hall–Kier alpha value is -2.29. The van der Waals surface area contributed by atoms with Crippen molar-refractivity contribution in [2.75, 3.05) is 12.4 Å². The summed E-state index contributed by atoms with van der Waals surface area (Å²) in [5, 5.41) is 12.6. The third-order valence-corrected chi connectivity index (χ3v) is 4.14. The van der Waals surface area contributed by atoms with E-state index in [1.807, 2.05) is 13.0 Å². The van der Waals surface area contributed by atoms with Gasteiger partial charge in [0.1, 0.15) is 17.4 Å². The number of amides is 1. The van der Waals surface area contributed by atoms with E-state index in [2.05, 4.69) is 21.2 Å². The van der Waals surface area contributed by atoms with Gasteiger partial charge in [-0.3, -0.25) is 4.79 Å². The molecule has 122 valence electrons. The third-order valence-electron chi connectivity index (χ3n) is 3.29. The molecule has 0 unspecified atom stereocenters. The van der Waals surface area contributed by atoms with E-state index in [0.29, 0.717) is 22.0 Å². The molecule has 1 amide bonds. The summed E-state index contributed by atoms with van der Waals surface area (Å²) in [6.45, 7) is 1.83. The van der Waals surface area contributed by atoms with Gasteiger partial charge in [-0.25, -0.2) is 0 Å². The van der Waals surface area contributed by atoms with Crippen molar-refractivity contribution in [3.63, 3.8) is 0 Å². The number of nitrogens with zero attached hydrogens (tertiary/aromatic N) is 1. The van der Waals surface area contributed by atoms with Crippen molar-refractivity contribution >= 4 is 45.2 Å². The number of nitriles is 1. The number of hydrogen-bond donors (Lipinski definition) is 1. The number of anilines is 1. The summed E-state index contributed by atoms with van der Waals surface area (Å²) in [7, 11) is 1.57. The predicted octanol–water partition coefficient (Wildman–Crippen LogP) is 4.97. The summed E-state index contributed by atoms with van der Waals surface area (Å²) < 4.78 is 5.90. The lowest BCUT2D eigenvalue weighted by Crippen LogP contribution is -2.14. The number of methoxy groups -OCH3 is 1. The van der Waals surface area contributed by atoms with Crippen molar-refractivity contribution in [2.45, 2.75) is 6.92 Å². The second-order valence-corrected chi connectivity index (χ2v) is 6.27. The van der Waals surface area contributed by atoms with Crippen LogP contribution in [0.2, 0.25) is 5.02 Å². The van der Waals surface area contributed by atoms with Crippen molar-refractivity contribution < 1.29 is 9.53 Å². The molecule has 0 radical (unpaired) electrons. The molecule has 0 aliphatic carbocycles. The number of benzene rings is 2. The molecular weight excluding hydrogens is 392 g/mol. The number of carbonyl (C=O) groups excluding carboxylic acids is 1. The van der Waals surface area contributed by atoms with Crippen LogP contribution >= 0.6 is 27.5 Å². The zero-order valence-electron chi connectivity index (χ0n) is 13.1. The van der Waals surface area contributed by atoms with E-state index in [4.69, 9.17) is 16.3 Å². The molecule has 24 heavy (non-hydrogen) atoms. The van der Waals surface area contributed by atoms with E-state index in [0.717, 1.165) is 10.0 Å². The molecule has 0 atom stereocenters. The Bertz CT molecular complexity index is 857. The molecule has 0 fully saturated rings. The number of rotatable bonds is 4. The van der Waals surface area contributed by atoms with E-state index < -0.39 is 5.91 Å². The molecule has 0 aliphatic heterocycles. The number of carbonyl (C=O) groups is 1. The molecule has 2 aromatic carbocycles. The average molecular weight is 406 g/mol. The second kappa shape index (κ2) is 8.00. The highest BCUT2D eigenvalue weighted by Crippen LogP contribution is 2.26. The summed E-state index contributed by atoms with van der Waals surface area (Å²) in [6, 6.07) is 12.3. The van der Waals surface area contributed by atoms with Crippen molar-refractivity contribution in [3.05, 3.63) is 62.6 Å². The van der Waals surface area contributed by atoms with Crippen LogP contribution in [0.5, 0.6) is 5.75 Å². The van der Waals surface area contributed by atoms with E-state index in [1.54, 1.807) is 43.5 Å². The minimum absolute atomic E-state index is 0.00131. The Morgan fingerprint density at radius 1 is 1.33 bits per heavy atom. The Labute approximate surface area is 153 Å². The van der Waals surface area contributed by atoms with Crippen molar-refractivity contribution in [2.24, 2.45) is 0 Å². The van der Waals surface area contributed by atoms with Gasteiger partial charge in [0.15, 0.2) is 0 Å². The van der Waals surface area contributed by atoms with E-state index in [9.17, 15) is 10.1 Å². The van der Waals surface area contributed by atoms with Crippen LogP contribution < -0.4 is 10.1 Å². The molecule has 2 rings (SSSR count). The second-order valence-electron chi connectivity index (χ2n) is 4.98. The van der Waals surface area contributed by atoms with E-state index in [-0.39, 0.29) is 5.57 Å². The fraction of sp³-hybridized carbons (Fsp3) is 0.111. The highest BCUT2D eigenvalue weighted by Gasteiger charge is 2.11. The molecule has 1 N–H and O–H groups in total. The lowest BCUT2D eigenvalue weighted by atomic mass is 10.1. The molecule has 0 heterocycles. The van der Waals surface area contributed by atoms with E-state index in [1.165, 1.54) is 6.08 Å². The average Bonchev–Trinajstić information content (AvgIpc) is 2.55. The van der Waals surface area contributed by atoms with Crippen LogP contribution in [0.15, 0.2) is 46.4 Å². The van der Waals surface area contributed by atoms with Gasteiger partial charge < -0.3 is 10.1 Å². The standard InChI is InChI=1S/C18H14BrClN2O2/c1-11-7-14(20)4-5-16(11)22-18(23)13(10-21)8-12-3-6-17(24-2)15(19)9-12/h3-9H,1-2H3,(H,22,23)/b13-8+. The highest BCUT2D eigenvalue weighted by atomic mass is 79.9. The lowest BCUT2D eigenvalue weighted by Gasteiger charge is -2.08. The first-order valence-corrected chi connectivity index (χ1v) is 8.14. The summed E-state index contributed by atoms with van der Waals surface area (Å²) in [5.41, 5.74) is 2.14. The van der Waals surface area contributed by atoms with Gasteiger partial charge >= 0.3 is 0 Å². The van der Waals surface area contributed by atoms with E-state index >= 15 is 0 Å². The van der Waals surface area contributed by atoms with Crippen LogP contribution in [0.25, 0.3) is 6.08 Å². The van der Waals surface area contributed by atoms with Crippen molar-refractivity contribution in [1.29, 1.82) is 5.26 Å². The summed E-state index contributed by atoms with van der Waals surface area (Å²) in [4.78, 5) is 12.3. The smallest absolute Gasteiger partial charge is 0.266 e. The highest BCUT2D eigenvalue weighted by molar-refractivity contribution is 9.10. The largest absolute Gasteiger partial charge is 0.496 e. The van der Waals surface area contributed by atoms with Crippen LogP contribution in [0.1, 0.15) is 11.1 Å². The Kier molecular flexibility index (Phi) is 6.02. The fourth-order valence-electron chi connectivity index (χ4n) is 2.04. The minimum Gasteiger partial charge on any atom is -0.496 e. The monoisotopic (exact) mass is 404 g/mol. The predicted molar refractivity (Wildman–Crippen MR) is 99.1 cm³/mol. The quantitative estimate of drug-likeness (QED) is 0.577. The van der Waals surface area contributed by atoms with Gasteiger partial charge in [0.2, 0.25) is 0 Å². The minimum atomic E-state index is -0.477. The number of hydrogen-bond acceptors (Lipinski definition) is 3. The number of aryl methyl sites for hydroxylation is 1. The fourth-order valence-corrected chi connectivity index (χ4v) is 2.83. The van der Waals surface area contributed by atoms with Gasteiger partial charge in [0, 0.05) is 10.7 Å². The first-order chi connectivity index (χ1) is 11.4. The van der Waals surface area contributed by atoms with Gasteiger partial charge in [-0.1, -0.05) is 17.7 Å². The summed E-state index contributed by atoms with van der Waals surface area (Å²) in [6.07, 6.45) is 1.52. The zero-order valence-corrected chi connectivity index (χ0v) is 15.4. The third kappa shape index (κ3) is 4.38. The van der Waals surface area contributed by atoms with Crippen LogP contribution in [-0.4, -0.2) is 13.0 Å².